The van der Waals surface area contributed by atoms with Gasteiger partial charge in [0.2, 0.25) is 17.7 Å². The van der Waals surface area contributed by atoms with E-state index in [1.165, 1.54) is 0 Å². The SMILES string of the molecule is NC(Cc1ccccc1)C(=O)NC(Cc1c[nH]c2ccccc12)C(=O)NC(Cc1ccccc1)C(=O)NC(CO)C(=O)O. The molecule has 0 aliphatic rings. The van der Waals surface area contributed by atoms with Crippen LogP contribution in [0, 0.1) is 0 Å². The average Bonchev–Trinajstić information content (AvgIpc) is 3.42. The number of carboxylic acid groups (broad SMARTS) is 1. The number of aliphatic carboxylic acids is 1. The summed E-state index contributed by atoms with van der Waals surface area (Å²) < 4.78 is 0. The standard InChI is InChI=1S/C32H35N5O6/c33-24(15-20-9-3-1-4-10-20)29(39)35-27(17-22-18-34-25-14-8-7-13-23(22)25)31(41)36-26(16-21-11-5-2-6-12-21)30(40)37-28(19-38)32(42)43/h1-14,18,24,26-28,34,38H,15-17,19,33H2,(H,35,39)(H,36,41)(H,37,40)(H,42,43). The van der Waals surface area contributed by atoms with Gasteiger partial charge in [-0.3, -0.25) is 14.4 Å². The maximum atomic E-state index is 13.8. The number of hydrogen-bond acceptors (Lipinski definition) is 6. The van der Waals surface area contributed by atoms with Crippen molar-refractivity contribution in [1.82, 2.24) is 20.9 Å². The zero-order chi connectivity index (χ0) is 30.8. The van der Waals surface area contributed by atoms with Crippen LogP contribution in [0.1, 0.15) is 16.7 Å². The maximum absolute atomic E-state index is 13.8. The number of aliphatic hydroxyl groups excluding tert-OH is 1. The Labute approximate surface area is 248 Å². The van der Waals surface area contributed by atoms with Gasteiger partial charge in [0.15, 0.2) is 0 Å². The quantitative estimate of drug-likeness (QED) is 0.115. The lowest BCUT2D eigenvalue weighted by Gasteiger charge is -2.25. The largest absolute Gasteiger partial charge is 0.480 e. The lowest BCUT2D eigenvalue weighted by atomic mass is 10.0. The molecule has 3 aromatic carbocycles. The number of nitrogens with one attached hydrogen (secondary N) is 4. The predicted octanol–water partition coefficient (Wildman–Crippen LogP) is 1.05. The molecule has 1 aromatic heterocycles. The first-order valence-corrected chi connectivity index (χ1v) is 13.9. The van der Waals surface area contributed by atoms with E-state index in [1.54, 1.807) is 36.5 Å². The number of aliphatic hydroxyl groups is 1. The van der Waals surface area contributed by atoms with Crippen molar-refractivity contribution in [3.05, 3.63) is 108 Å². The molecule has 0 aliphatic heterocycles. The van der Waals surface area contributed by atoms with Gasteiger partial charge < -0.3 is 36.9 Å². The van der Waals surface area contributed by atoms with Crippen molar-refractivity contribution in [3.8, 4) is 0 Å². The van der Waals surface area contributed by atoms with Gasteiger partial charge in [0, 0.05) is 29.9 Å². The van der Waals surface area contributed by atoms with Crippen LogP contribution < -0.4 is 21.7 Å². The molecule has 4 unspecified atom stereocenters. The fourth-order valence-corrected chi connectivity index (χ4v) is 4.76. The number of nitrogens with two attached hydrogens (primary N) is 1. The second-order valence-corrected chi connectivity index (χ2v) is 10.3. The molecule has 43 heavy (non-hydrogen) atoms. The molecule has 11 nitrogen and oxygen atoms in total. The fraction of sp³-hybridized carbons (Fsp3) is 0.250. The molecular formula is C32H35N5O6. The molecule has 3 amide bonds. The maximum Gasteiger partial charge on any atom is 0.328 e. The first-order valence-electron chi connectivity index (χ1n) is 13.9. The smallest absolute Gasteiger partial charge is 0.328 e. The Morgan fingerprint density at radius 2 is 1.19 bits per heavy atom. The average molecular weight is 586 g/mol. The monoisotopic (exact) mass is 585 g/mol. The number of benzene rings is 3. The van der Waals surface area contributed by atoms with Crippen LogP contribution in [-0.2, 0) is 38.4 Å². The summed E-state index contributed by atoms with van der Waals surface area (Å²) in [6, 6.07) is 20.8. The van der Waals surface area contributed by atoms with Crippen molar-refractivity contribution in [3.63, 3.8) is 0 Å². The van der Waals surface area contributed by atoms with Crippen molar-refractivity contribution in [1.29, 1.82) is 0 Å². The molecule has 0 saturated carbocycles. The Morgan fingerprint density at radius 1 is 0.674 bits per heavy atom. The summed E-state index contributed by atoms with van der Waals surface area (Å²) >= 11 is 0. The zero-order valence-corrected chi connectivity index (χ0v) is 23.4. The zero-order valence-electron chi connectivity index (χ0n) is 23.4. The van der Waals surface area contributed by atoms with Crippen molar-refractivity contribution < 1.29 is 29.4 Å². The first-order chi connectivity index (χ1) is 20.7. The molecule has 0 spiro atoms. The summed E-state index contributed by atoms with van der Waals surface area (Å²) in [5, 5.41) is 27.4. The van der Waals surface area contributed by atoms with Gasteiger partial charge in [0.05, 0.1) is 12.6 Å². The van der Waals surface area contributed by atoms with Crippen LogP contribution >= 0.6 is 0 Å². The number of carbonyl (C=O) groups excluding carboxylic acids is 3. The van der Waals surface area contributed by atoms with Crippen molar-refractivity contribution in [2.45, 2.75) is 43.4 Å². The molecule has 8 N–H and O–H groups in total. The third kappa shape index (κ3) is 8.51. The van der Waals surface area contributed by atoms with E-state index >= 15 is 0 Å². The van der Waals surface area contributed by atoms with Crippen molar-refractivity contribution in [2.75, 3.05) is 6.61 Å². The van der Waals surface area contributed by atoms with Crippen LogP contribution in [0.4, 0.5) is 0 Å². The minimum atomic E-state index is -1.56. The van der Waals surface area contributed by atoms with Gasteiger partial charge in [0.1, 0.15) is 18.1 Å². The van der Waals surface area contributed by atoms with E-state index in [0.29, 0.717) is 5.56 Å². The van der Waals surface area contributed by atoms with Crippen LogP contribution in [0.2, 0.25) is 0 Å². The van der Waals surface area contributed by atoms with Gasteiger partial charge in [-0.1, -0.05) is 78.9 Å². The number of amides is 3. The van der Waals surface area contributed by atoms with E-state index in [4.69, 9.17) is 5.73 Å². The lowest BCUT2D eigenvalue weighted by molar-refractivity contribution is -0.143. The molecule has 4 atom stereocenters. The van der Waals surface area contributed by atoms with Crippen molar-refractivity contribution >= 4 is 34.6 Å². The van der Waals surface area contributed by atoms with Gasteiger partial charge in [0.25, 0.3) is 0 Å². The molecule has 0 radical (unpaired) electrons. The molecule has 0 bridgehead atoms. The van der Waals surface area contributed by atoms with Crippen LogP contribution in [0.5, 0.6) is 0 Å². The molecule has 11 heteroatoms. The summed E-state index contributed by atoms with van der Waals surface area (Å²) in [4.78, 5) is 54.8. The molecule has 0 aliphatic carbocycles. The highest BCUT2D eigenvalue weighted by Crippen LogP contribution is 2.19. The van der Waals surface area contributed by atoms with Gasteiger partial charge in [-0.15, -0.1) is 0 Å². The van der Waals surface area contributed by atoms with E-state index in [-0.39, 0.29) is 19.3 Å². The molecule has 4 aromatic rings. The normalized spacial score (nSPS) is 13.8. The number of carbonyl (C=O) groups is 4. The first kappa shape index (κ1) is 30.9. The lowest BCUT2D eigenvalue weighted by Crippen LogP contribution is -2.58. The summed E-state index contributed by atoms with van der Waals surface area (Å²) in [5.74, 6) is -3.41. The van der Waals surface area contributed by atoms with E-state index in [0.717, 1.165) is 22.0 Å². The van der Waals surface area contributed by atoms with E-state index < -0.39 is 54.5 Å². The highest BCUT2D eigenvalue weighted by atomic mass is 16.4. The Bertz CT molecular complexity index is 1540. The van der Waals surface area contributed by atoms with Gasteiger partial charge in [-0.2, -0.15) is 0 Å². The highest BCUT2D eigenvalue weighted by Gasteiger charge is 2.31. The Balaban J connectivity index is 1.58. The Hall–Kier alpha value is -5.00. The molecule has 4 rings (SSSR count). The molecule has 224 valence electrons. The van der Waals surface area contributed by atoms with Crippen LogP contribution in [0.3, 0.4) is 0 Å². The van der Waals surface area contributed by atoms with E-state index in [2.05, 4.69) is 20.9 Å². The van der Waals surface area contributed by atoms with Gasteiger partial charge in [-0.05, 0) is 29.2 Å². The topological polar surface area (TPSA) is 187 Å². The molecular weight excluding hydrogens is 550 g/mol. The third-order valence-electron chi connectivity index (χ3n) is 7.08. The minimum absolute atomic E-state index is 0.0391. The van der Waals surface area contributed by atoms with Gasteiger partial charge in [-0.25, -0.2) is 4.79 Å². The number of carboxylic acids is 1. The van der Waals surface area contributed by atoms with Crippen LogP contribution in [0.15, 0.2) is 91.1 Å². The van der Waals surface area contributed by atoms with Crippen LogP contribution in [0.25, 0.3) is 10.9 Å². The number of H-pyrrole nitrogens is 1. The summed E-state index contributed by atoms with van der Waals surface area (Å²) in [6.45, 7) is -0.828. The predicted molar refractivity (Wildman–Crippen MR) is 161 cm³/mol. The number of para-hydroxylation sites is 1. The van der Waals surface area contributed by atoms with Crippen LogP contribution in [-0.4, -0.2) is 69.7 Å². The molecule has 0 fully saturated rings. The Kier molecular flexibility index (Phi) is 10.6. The minimum Gasteiger partial charge on any atom is -0.480 e. The number of hydrogen-bond donors (Lipinski definition) is 7. The van der Waals surface area contributed by atoms with E-state index in [9.17, 15) is 29.4 Å². The fourth-order valence-electron chi connectivity index (χ4n) is 4.76. The second kappa shape index (κ2) is 14.8. The number of fused-ring (bicyclic) bond motifs is 1. The van der Waals surface area contributed by atoms with Crippen molar-refractivity contribution in [2.24, 2.45) is 5.73 Å². The number of aromatic nitrogens is 1. The summed E-state index contributed by atoms with van der Waals surface area (Å²) in [7, 11) is 0. The highest BCUT2D eigenvalue weighted by molar-refractivity contribution is 5.95. The van der Waals surface area contributed by atoms with Gasteiger partial charge >= 0.3 is 5.97 Å². The Morgan fingerprint density at radius 3 is 1.79 bits per heavy atom. The molecule has 1 heterocycles. The second-order valence-electron chi connectivity index (χ2n) is 10.3. The summed E-state index contributed by atoms with van der Waals surface area (Å²) in [6.07, 6.45) is 2.14. The third-order valence-corrected chi connectivity index (χ3v) is 7.08. The van der Waals surface area contributed by atoms with E-state index in [1.807, 2.05) is 54.6 Å². The molecule has 0 saturated heterocycles. The number of aromatic amines is 1. The summed E-state index contributed by atoms with van der Waals surface area (Å²) in [5.41, 5.74) is 9.41. The number of rotatable bonds is 14.